The SMILES string of the molecule is CCCC(O)C(O)C(CO)Oc1ccccc1. The smallest absolute Gasteiger partial charge is 0.150 e. The van der Waals surface area contributed by atoms with Gasteiger partial charge in [0.2, 0.25) is 0 Å². The van der Waals surface area contributed by atoms with Crippen molar-refractivity contribution in [3.8, 4) is 5.75 Å². The summed E-state index contributed by atoms with van der Waals surface area (Å²) in [6.45, 7) is 1.58. The fourth-order valence-electron chi connectivity index (χ4n) is 1.60. The minimum absolute atomic E-state index is 0.336. The Morgan fingerprint density at radius 3 is 2.35 bits per heavy atom. The van der Waals surface area contributed by atoms with Gasteiger partial charge in [-0.2, -0.15) is 0 Å². The monoisotopic (exact) mass is 240 g/mol. The highest BCUT2D eigenvalue weighted by molar-refractivity contribution is 5.21. The van der Waals surface area contributed by atoms with Crippen LogP contribution in [-0.4, -0.2) is 40.2 Å². The molecule has 1 aromatic carbocycles. The lowest BCUT2D eigenvalue weighted by atomic mass is 10.0. The summed E-state index contributed by atoms with van der Waals surface area (Å²) in [7, 11) is 0. The van der Waals surface area contributed by atoms with E-state index in [0.717, 1.165) is 6.42 Å². The molecule has 0 heterocycles. The second-order valence-electron chi connectivity index (χ2n) is 4.00. The van der Waals surface area contributed by atoms with E-state index in [-0.39, 0.29) is 6.61 Å². The molecule has 0 aliphatic rings. The summed E-state index contributed by atoms with van der Waals surface area (Å²) in [5.74, 6) is 0.564. The van der Waals surface area contributed by atoms with Crippen LogP contribution in [0.5, 0.6) is 5.75 Å². The lowest BCUT2D eigenvalue weighted by Crippen LogP contribution is -2.43. The molecule has 0 aliphatic heterocycles. The van der Waals surface area contributed by atoms with Crippen LogP contribution < -0.4 is 4.74 Å². The number of para-hydroxylation sites is 1. The number of hydrogen-bond donors (Lipinski definition) is 3. The minimum atomic E-state index is -1.08. The Hall–Kier alpha value is -1.10. The van der Waals surface area contributed by atoms with E-state index in [0.29, 0.717) is 12.2 Å². The van der Waals surface area contributed by atoms with Gasteiger partial charge < -0.3 is 20.1 Å². The highest BCUT2D eigenvalue weighted by Crippen LogP contribution is 2.15. The zero-order valence-corrected chi connectivity index (χ0v) is 9.99. The molecule has 1 aromatic rings. The second kappa shape index (κ2) is 7.27. The molecule has 3 unspecified atom stereocenters. The Labute approximate surface area is 101 Å². The van der Waals surface area contributed by atoms with E-state index in [9.17, 15) is 15.3 Å². The van der Waals surface area contributed by atoms with Crippen molar-refractivity contribution in [3.05, 3.63) is 30.3 Å². The highest BCUT2D eigenvalue weighted by atomic mass is 16.5. The van der Waals surface area contributed by atoms with Gasteiger partial charge in [0.25, 0.3) is 0 Å². The third-order valence-corrected chi connectivity index (χ3v) is 2.57. The van der Waals surface area contributed by atoms with Crippen molar-refractivity contribution in [3.63, 3.8) is 0 Å². The molecule has 0 amide bonds. The third kappa shape index (κ3) is 4.34. The number of aliphatic hydroxyl groups excluding tert-OH is 3. The first kappa shape index (κ1) is 14.0. The van der Waals surface area contributed by atoms with Crippen LogP contribution in [0.4, 0.5) is 0 Å². The van der Waals surface area contributed by atoms with Crippen LogP contribution in [0.25, 0.3) is 0 Å². The van der Waals surface area contributed by atoms with Crippen molar-refractivity contribution >= 4 is 0 Å². The Morgan fingerprint density at radius 1 is 1.18 bits per heavy atom. The molecule has 0 fully saturated rings. The number of ether oxygens (including phenoxy) is 1. The van der Waals surface area contributed by atoms with Gasteiger partial charge in [0.15, 0.2) is 0 Å². The Balaban J connectivity index is 2.59. The number of rotatable bonds is 7. The molecule has 0 saturated heterocycles. The predicted molar refractivity (Wildman–Crippen MR) is 64.9 cm³/mol. The molecule has 0 aromatic heterocycles. The summed E-state index contributed by atoms with van der Waals surface area (Å²) in [4.78, 5) is 0. The molecule has 96 valence electrons. The van der Waals surface area contributed by atoms with Crippen molar-refractivity contribution in [2.75, 3.05) is 6.61 Å². The van der Waals surface area contributed by atoms with Gasteiger partial charge in [-0.15, -0.1) is 0 Å². The largest absolute Gasteiger partial charge is 0.485 e. The van der Waals surface area contributed by atoms with Gasteiger partial charge in [0, 0.05) is 0 Å². The molecular formula is C13H20O4. The molecule has 1 rings (SSSR count). The Morgan fingerprint density at radius 2 is 1.82 bits per heavy atom. The van der Waals surface area contributed by atoms with Crippen molar-refractivity contribution in [2.45, 2.75) is 38.1 Å². The van der Waals surface area contributed by atoms with Gasteiger partial charge in [0.1, 0.15) is 18.0 Å². The summed E-state index contributed by atoms with van der Waals surface area (Å²) in [6, 6.07) is 8.93. The van der Waals surface area contributed by atoms with E-state index in [1.165, 1.54) is 0 Å². The average Bonchev–Trinajstić information content (AvgIpc) is 2.36. The van der Waals surface area contributed by atoms with E-state index in [4.69, 9.17) is 4.74 Å². The van der Waals surface area contributed by atoms with Gasteiger partial charge in [-0.1, -0.05) is 31.5 Å². The zero-order chi connectivity index (χ0) is 12.7. The fourth-order valence-corrected chi connectivity index (χ4v) is 1.60. The molecule has 4 heteroatoms. The lowest BCUT2D eigenvalue weighted by molar-refractivity contribution is -0.0679. The molecule has 0 bridgehead atoms. The molecule has 0 saturated carbocycles. The van der Waals surface area contributed by atoms with Crippen LogP contribution in [-0.2, 0) is 0 Å². The van der Waals surface area contributed by atoms with E-state index < -0.39 is 18.3 Å². The predicted octanol–water partition coefficient (Wildman–Crippen LogP) is 0.948. The molecular weight excluding hydrogens is 220 g/mol. The van der Waals surface area contributed by atoms with Gasteiger partial charge in [-0.25, -0.2) is 0 Å². The molecule has 17 heavy (non-hydrogen) atoms. The van der Waals surface area contributed by atoms with Gasteiger partial charge in [-0.3, -0.25) is 0 Å². The number of hydrogen-bond acceptors (Lipinski definition) is 4. The van der Waals surface area contributed by atoms with Crippen LogP contribution in [0.2, 0.25) is 0 Å². The van der Waals surface area contributed by atoms with Crippen molar-refractivity contribution < 1.29 is 20.1 Å². The average molecular weight is 240 g/mol. The second-order valence-corrected chi connectivity index (χ2v) is 4.00. The quantitative estimate of drug-likeness (QED) is 0.663. The molecule has 0 aliphatic carbocycles. The van der Waals surface area contributed by atoms with Crippen LogP contribution in [0.1, 0.15) is 19.8 Å². The van der Waals surface area contributed by atoms with Crippen LogP contribution in [0.3, 0.4) is 0 Å². The van der Waals surface area contributed by atoms with Crippen LogP contribution in [0.15, 0.2) is 30.3 Å². The summed E-state index contributed by atoms with van der Waals surface area (Å²) in [5.41, 5.74) is 0. The molecule has 4 nitrogen and oxygen atoms in total. The summed E-state index contributed by atoms with van der Waals surface area (Å²) >= 11 is 0. The topological polar surface area (TPSA) is 69.9 Å². The normalized spacial score (nSPS) is 16.2. The highest BCUT2D eigenvalue weighted by Gasteiger charge is 2.26. The van der Waals surface area contributed by atoms with Crippen LogP contribution >= 0.6 is 0 Å². The minimum Gasteiger partial charge on any atom is -0.485 e. The molecule has 0 spiro atoms. The van der Waals surface area contributed by atoms with Gasteiger partial charge in [-0.05, 0) is 18.6 Å². The maximum Gasteiger partial charge on any atom is 0.150 e. The van der Waals surface area contributed by atoms with E-state index in [2.05, 4.69) is 0 Å². The molecule has 0 radical (unpaired) electrons. The van der Waals surface area contributed by atoms with Crippen molar-refractivity contribution in [1.82, 2.24) is 0 Å². The van der Waals surface area contributed by atoms with E-state index in [1.807, 2.05) is 13.0 Å². The zero-order valence-electron chi connectivity index (χ0n) is 9.99. The van der Waals surface area contributed by atoms with Gasteiger partial charge >= 0.3 is 0 Å². The maximum atomic E-state index is 9.83. The first-order valence-corrected chi connectivity index (χ1v) is 5.87. The summed E-state index contributed by atoms with van der Waals surface area (Å²) < 4.78 is 5.43. The lowest BCUT2D eigenvalue weighted by Gasteiger charge is -2.26. The Bertz CT molecular complexity index is 302. The van der Waals surface area contributed by atoms with Crippen molar-refractivity contribution in [1.29, 1.82) is 0 Å². The van der Waals surface area contributed by atoms with Crippen LogP contribution in [0, 0.1) is 0 Å². The van der Waals surface area contributed by atoms with E-state index in [1.54, 1.807) is 24.3 Å². The van der Waals surface area contributed by atoms with Gasteiger partial charge in [0.05, 0.1) is 12.7 Å². The number of benzene rings is 1. The van der Waals surface area contributed by atoms with E-state index >= 15 is 0 Å². The summed E-state index contributed by atoms with van der Waals surface area (Å²) in [5, 5.41) is 28.7. The summed E-state index contributed by atoms with van der Waals surface area (Å²) in [6.07, 6.45) is -1.52. The van der Waals surface area contributed by atoms with Crippen molar-refractivity contribution in [2.24, 2.45) is 0 Å². The molecule has 3 atom stereocenters. The fraction of sp³-hybridized carbons (Fsp3) is 0.538. The standard InChI is InChI=1S/C13H20O4/c1-2-6-11(15)13(16)12(9-14)17-10-7-4-3-5-8-10/h3-5,7-8,11-16H,2,6,9H2,1H3. The number of aliphatic hydroxyl groups is 3. The maximum absolute atomic E-state index is 9.83. The molecule has 3 N–H and O–H groups in total. The first-order valence-electron chi connectivity index (χ1n) is 5.87. The Kier molecular flexibility index (Phi) is 5.97. The first-order chi connectivity index (χ1) is 8.19. The third-order valence-electron chi connectivity index (χ3n) is 2.57.